The maximum Gasteiger partial charge on any atom is 0.307 e. The number of carbonyl (C=O) groups excluding carboxylic acids is 1. The summed E-state index contributed by atoms with van der Waals surface area (Å²) >= 11 is 0. The Morgan fingerprint density at radius 1 is 0.936 bits per heavy atom. The first kappa shape index (κ1) is 31.1. The number of carbonyl (C=O) groups is 1. The van der Waals surface area contributed by atoms with Gasteiger partial charge in [-0.2, -0.15) is 5.10 Å². The molecule has 0 fully saturated rings. The van der Waals surface area contributed by atoms with Crippen molar-refractivity contribution in [1.29, 1.82) is 0 Å². The van der Waals surface area contributed by atoms with Crippen LogP contribution in [0.25, 0.3) is 5.69 Å². The van der Waals surface area contributed by atoms with Crippen LogP contribution in [-0.4, -0.2) is 30.6 Å². The van der Waals surface area contributed by atoms with Crippen molar-refractivity contribution in [2.75, 3.05) is 13.9 Å². The lowest BCUT2D eigenvalue weighted by Crippen LogP contribution is -2.16. The lowest BCUT2D eigenvalue weighted by atomic mass is 10.1. The summed E-state index contributed by atoms with van der Waals surface area (Å²) in [5, 5.41) is 4.13. The van der Waals surface area contributed by atoms with Crippen LogP contribution < -0.4 is 29.1 Å². The number of aryl methyl sites for hydroxylation is 2. The molecule has 1 amide bonds. The lowest BCUT2D eigenvalue weighted by Gasteiger charge is -2.16. The zero-order chi connectivity index (χ0) is 32.8. The molecule has 3 aromatic carbocycles. The average Bonchev–Trinajstić information content (AvgIpc) is 3.83. The number of nitrogens with one attached hydrogen (secondary N) is 1. The van der Waals surface area contributed by atoms with Crippen molar-refractivity contribution in [3.8, 4) is 34.4 Å². The number of aromatic nitrogens is 1. The number of hydrogen-bond donors (Lipinski definition) is 1. The number of ether oxygens (including phenoxy) is 5. The molecule has 0 saturated heterocycles. The molecule has 2 aromatic heterocycles. The van der Waals surface area contributed by atoms with Crippen LogP contribution in [0.3, 0.4) is 0 Å². The molecule has 47 heavy (non-hydrogen) atoms. The highest BCUT2D eigenvalue weighted by Gasteiger charge is 2.16. The third-order valence-corrected chi connectivity index (χ3v) is 7.57. The Balaban J connectivity index is 1.05. The Morgan fingerprint density at radius 2 is 1.72 bits per heavy atom. The predicted molar refractivity (Wildman–Crippen MR) is 177 cm³/mol. The minimum Gasteiger partial charge on any atom is -0.493 e. The van der Waals surface area contributed by atoms with Crippen LogP contribution in [0, 0.1) is 13.8 Å². The van der Waals surface area contributed by atoms with Crippen LogP contribution in [0.5, 0.6) is 28.7 Å². The number of amides is 1. The Bertz CT molecular complexity index is 1900. The highest BCUT2D eigenvalue weighted by Crippen LogP contribution is 2.36. The van der Waals surface area contributed by atoms with E-state index < -0.39 is 5.91 Å². The minimum absolute atomic E-state index is 0.117. The fraction of sp³-hybridized carbons (Fsp3) is 0.189. The van der Waals surface area contributed by atoms with Gasteiger partial charge < -0.3 is 32.7 Å². The average molecular weight is 634 g/mol. The fourth-order valence-electron chi connectivity index (χ4n) is 5.29. The van der Waals surface area contributed by atoms with E-state index >= 15 is 0 Å². The second kappa shape index (κ2) is 14.0. The van der Waals surface area contributed by atoms with Crippen molar-refractivity contribution < 1.29 is 32.9 Å². The largest absolute Gasteiger partial charge is 0.493 e. The number of hydrazone groups is 1. The molecule has 10 heteroatoms. The summed E-state index contributed by atoms with van der Waals surface area (Å²) in [6, 6.07) is 24.7. The summed E-state index contributed by atoms with van der Waals surface area (Å²) in [6.45, 7) is 8.70. The molecule has 0 aliphatic carbocycles. The minimum atomic E-state index is -0.490. The number of nitrogens with zero attached hydrogens (tertiary/aromatic N) is 2. The molecule has 6 rings (SSSR count). The van der Waals surface area contributed by atoms with E-state index in [4.69, 9.17) is 28.1 Å². The van der Waals surface area contributed by atoms with Gasteiger partial charge in [0.25, 0.3) is 0 Å². The van der Waals surface area contributed by atoms with Crippen LogP contribution >= 0.6 is 0 Å². The maximum absolute atomic E-state index is 12.7. The topological polar surface area (TPSA) is 106 Å². The van der Waals surface area contributed by atoms with E-state index in [1.54, 1.807) is 31.4 Å². The van der Waals surface area contributed by atoms with Crippen LogP contribution in [0.1, 0.15) is 44.4 Å². The van der Waals surface area contributed by atoms with Gasteiger partial charge >= 0.3 is 5.91 Å². The molecule has 240 valence electrons. The van der Waals surface area contributed by atoms with E-state index in [9.17, 15) is 4.79 Å². The van der Waals surface area contributed by atoms with Gasteiger partial charge in [-0.05, 0) is 104 Å². The summed E-state index contributed by atoms with van der Waals surface area (Å²) in [5.41, 5.74) is 8.39. The zero-order valence-corrected chi connectivity index (χ0v) is 26.4. The molecular formula is C37H35N3O7. The third kappa shape index (κ3) is 7.17. The molecule has 10 nitrogen and oxygen atoms in total. The fourth-order valence-corrected chi connectivity index (χ4v) is 5.29. The van der Waals surface area contributed by atoms with Gasteiger partial charge in [0.2, 0.25) is 6.79 Å². The molecule has 0 unspecified atom stereocenters. The smallest absolute Gasteiger partial charge is 0.307 e. The summed E-state index contributed by atoms with van der Waals surface area (Å²) in [7, 11) is 1.57. The van der Waals surface area contributed by atoms with Crippen molar-refractivity contribution in [1.82, 2.24) is 9.99 Å². The molecule has 1 aliphatic rings. The Kier molecular flexibility index (Phi) is 9.28. The van der Waals surface area contributed by atoms with Gasteiger partial charge in [-0.15, -0.1) is 6.58 Å². The molecule has 3 heterocycles. The molecule has 0 radical (unpaired) electrons. The Morgan fingerprint density at radius 3 is 2.49 bits per heavy atom. The van der Waals surface area contributed by atoms with Crippen LogP contribution in [-0.2, 0) is 19.6 Å². The van der Waals surface area contributed by atoms with Gasteiger partial charge in [-0.1, -0.05) is 12.1 Å². The zero-order valence-electron chi connectivity index (χ0n) is 26.4. The first-order chi connectivity index (χ1) is 22.9. The summed E-state index contributed by atoms with van der Waals surface area (Å²) in [6.07, 6.45) is 3.85. The van der Waals surface area contributed by atoms with Gasteiger partial charge in [-0.3, -0.25) is 4.79 Å². The van der Waals surface area contributed by atoms with Crippen molar-refractivity contribution >= 4 is 12.1 Å². The first-order valence-corrected chi connectivity index (χ1v) is 15.0. The van der Waals surface area contributed by atoms with E-state index in [1.165, 1.54) is 6.21 Å². The van der Waals surface area contributed by atoms with Gasteiger partial charge in [0, 0.05) is 22.6 Å². The first-order valence-electron chi connectivity index (χ1n) is 15.0. The van der Waals surface area contributed by atoms with Crippen molar-refractivity contribution in [2.24, 2.45) is 5.10 Å². The second-order valence-corrected chi connectivity index (χ2v) is 10.9. The normalized spacial score (nSPS) is 11.9. The third-order valence-electron chi connectivity index (χ3n) is 7.57. The highest BCUT2D eigenvalue weighted by molar-refractivity contribution is 5.92. The van der Waals surface area contributed by atoms with Crippen molar-refractivity contribution in [3.05, 3.63) is 131 Å². The molecule has 5 aromatic rings. The van der Waals surface area contributed by atoms with Crippen LogP contribution in [0.4, 0.5) is 0 Å². The quantitative estimate of drug-likeness (QED) is 0.0840. The highest BCUT2D eigenvalue weighted by atomic mass is 16.7. The molecular weight excluding hydrogens is 598 g/mol. The summed E-state index contributed by atoms with van der Waals surface area (Å²) < 4.78 is 36.4. The molecule has 0 spiro atoms. The predicted octanol–water partition coefficient (Wildman–Crippen LogP) is 7.07. The van der Waals surface area contributed by atoms with E-state index in [2.05, 4.69) is 47.7 Å². The van der Waals surface area contributed by atoms with Crippen LogP contribution in [0.2, 0.25) is 0 Å². The number of methoxy groups -OCH3 is 1. The number of allylic oxidation sites excluding steroid dienone is 1. The number of benzene rings is 3. The summed E-state index contributed by atoms with van der Waals surface area (Å²) in [5.74, 6) is 3.36. The Labute approximate surface area is 272 Å². The Hall–Kier alpha value is -5.90. The monoisotopic (exact) mass is 633 g/mol. The van der Waals surface area contributed by atoms with Gasteiger partial charge in [0.15, 0.2) is 28.8 Å². The standard InChI is InChI=1S/C37H35N3O7/c1-5-6-28-17-27(19-35(42-4)36(28)44-21-26-9-15-32-34(18-26)46-23-45-32)20-38-39-37(41)33-16-14-31(47-33)22-43-30-12-10-29(11-13-30)40-24(2)7-8-25(40)3/h5,7-20H,1,6,21-23H2,2-4H3,(H,39,41)/b38-20+. The molecule has 1 aliphatic heterocycles. The molecule has 0 bridgehead atoms. The second-order valence-electron chi connectivity index (χ2n) is 10.9. The molecule has 0 atom stereocenters. The van der Waals surface area contributed by atoms with E-state index in [1.807, 2.05) is 48.5 Å². The van der Waals surface area contributed by atoms with Gasteiger partial charge in [0.05, 0.1) is 13.3 Å². The number of furan rings is 1. The van der Waals surface area contributed by atoms with E-state index in [-0.39, 0.29) is 19.2 Å². The van der Waals surface area contributed by atoms with Gasteiger partial charge in [-0.25, -0.2) is 5.43 Å². The summed E-state index contributed by atoms with van der Waals surface area (Å²) in [4.78, 5) is 12.7. The van der Waals surface area contributed by atoms with Crippen molar-refractivity contribution in [2.45, 2.75) is 33.5 Å². The molecule has 1 N–H and O–H groups in total. The lowest BCUT2D eigenvalue weighted by molar-refractivity contribution is 0.0923. The number of fused-ring (bicyclic) bond motifs is 1. The van der Waals surface area contributed by atoms with E-state index in [0.717, 1.165) is 28.2 Å². The molecule has 0 saturated carbocycles. The van der Waals surface area contributed by atoms with E-state index in [0.29, 0.717) is 53.1 Å². The number of hydrogen-bond acceptors (Lipinski definition) is 8. The number of rotatable bonds is 13. The van der Waals surface area contributed by atoms with Gasteiger partial charge in [0.1, 0.15) is 24.7 Å². The SMILES string of the molecule is C=CCc1cc(/C=N/NC(=O)c2ccc(COc3ccc(-n4c(C)ccc4C)cc3)o2)cc(OC)c1OCc1ccc2c(c1)OCO2. The maximum atomic E-state index is 12.7. The van der Waals surface area contributed by atoms with Crippen molar-refractivity contribution in [3.63, 3.8) is 0 Å². The van der Waals surface area contributed by atoms with Crippen LogP contribution in [0.15, 0.2) is 101 Å².